The highest BCUT2D eigenvalue weighted by Crippen LogP contribution is 2.39. The third-order valence-corrected chi connectivity index (χ3v) is 5.51. The standard InChI is InChI=1S/C22H18N6O/c1-11-2-20-15(9-26-28-20)5-16(11)12-3-13-7-21(25-10-18(13)19(24)6-12)27-22(29)17-4-14(17)8-23/h2-3,5-7,9-10,14,17H,4,24H2,1H3,(H,26,28)(H,25,27,29)/t14-,17+/m1/s1. The highest BCUT2D eigenvalue weighted by molar-refractivity contribution is 6.01. The molecule has 5 rings (SSSR count). The lowest BCUT2D eigenvalue weighted by molar-refractivity contribution is -0.117. The van der Waals surface area contributed by atoms with Gasteiger partial charge in [0, 0.05) is 22.7 Å². The number of nitrogen functional groups attached to an aromatic ring is 1. The number of nitrogens with two attached hydrogens (primary N) is 1. The van der Waals surface area contributed by atoms with Crippen molar-refractivity contribution in [1.29, 1.82) is 5.26 Å². The van der Waals surface area contributed by atoms with E-state index in [1.807, 2.05) is 18.2 Å². The fourth-order valence-electron chi connectivity index (χ4n) is 3.77. The zero-order valence-corrected chi connectivity index (χ0v) is 15.7. The van der Waals surface area contributed by atoms with Gasteiger partial charge in [0.15, 0.2) is 0 Å². The summed E-state index contributed by atoms with van der Waals surface area (Å²) in [5.74, 6) is -0.116. The molecule has 0 radical (unpaired) electrons. The van der Waals surface area contributed by atoms with Crippen LogP contribution in [0.1, 0.15) is 12.0 Å². The maximum atomic E-state index is 12.2. The molecule has 1 fully saturated rings. The van der Waals surface area contributed by atoms with E-state index in [2.05, 4.69) is 45.6 Å². The zero-order chi connectivity index (χ0) is 20.1. The number of hydrogen-bond acceptors (Lipinski definition) is 5. The van der Waals surface area contributed by atoms with Gasteiger partial charge in [0.1, 0.15) is 5.82 Å². The predicted molar refractivity (Wildman–Crippen MR) is 112 cm³/mol. The summed E-state index contributed by atoms with van der Waals surface area (Å²) < 4.78 is 0. The predicted octanol–water partition coefficient (Wildman–Crippen LogP) is 3.77. The van der Waals surface area contributed by atoms with Crippen LogP contribution >= 0.6 is 0 Å². The number of nitrogens with zero attached hydrogens (tertiary/aromatic N) is 3. The minimum Gasteiger partial charge on any atom is -0.398 e. The molecule has 2 heterocycles. The number of nitriles is 1. The average molecular weight is 382 g/mol. The molecular weight excluding hydrogens is 364 g/mol. The highest BCUT2D eigenvalue weighted by atomic mass is 16.2. The summed E-state index contributed by atoms with van der Waals surface area (Å²) in [6, 6.07) is 12.1. The number of aryl methyl sites for hydroxylation is 1. The van der Waals surface area contributed by atoms with Gasteiger partial charge in [-0.15, -0.1) is 0 Å². The summed E-state index contributed by atoms with van der Waals surface area (Å²) in [5, 5.41) is 21.6. The molecule has 7 nitrogen and oxygen atoms in total. The number of benzene rings is 2. The van der Waals surface area contributed by atoms with Gasteiger partial charge in [-0.25, -0.2) is 4.98 Å². The topological polar surface area (TPSA) is 120 Å². The molecule has 0 aliphatic heterocycles. The van der Waals surface area contributed by atoms with Crippen LogP contribution < -0.4 is 11.1 Å². The molecule has 4 N–H and O–H groups in total. The molecule has 0 unspecified atom stereocenters. The summed E-state index contributed by atoms with van der Waals surface area (Å²) in [4.78, 5) is 16.6. The van der Waals surface area contributed by atoms with Crippen LogP contribution in [0.2, 0.25) is 0 Å². The van der Waals surface area contributed by atoms with Gasteiger partial charge in [-0.05, 0) is 65.8 Å². The summed E-state index contributed by atoms with van der Waals surface area (Å²) in [6.45, 7) is 2.05. The molecule has 2 atom stereocenters. The first-order chi connectivity index (χ1) is 14.0. The lowest BCUT2D eigenvalue weighted by atomic mass is 9.96. The molecule has 1 saturated carbocycles. The number of nitrogens with one attached hydrogen (secondary N) is 2. The van der Waals surface area contributed by atoms with Gasteiger partial charge in [-0.1, -0.05) is 0 Å². The molecule has 4 aromatic rings. The van der Waals surface area contributed by atoms with Crippen LogP contribution in [0, 0.1) is 30.1 Å². The Morgan fingerprint density at radius 3 is 2.90 bits per heavy atom. The Morgan fingerprint density at radius 2 is 2.10 bits per heavy atom. The van der Waals surface area contributed by atoms with Crippen LogP contribution in [-0.4, -0.2) is 21.1 Å². The molecular formula is C22H18N6O. The second-order valence-corrected chi connectivity index (χ2v) is 7.55. The Labute approximate surface area is 166 Å². The van der Waals surface area contributed by atoms with Crippen molar-refractivity contribution in [3.8, 4) is 17.2 Å². The normalized spacial score (nSPS) is 17.9. The second-order valence-electron chi connectivity index (χ2n) is 7.55. The van der Waals surface area contributed by atoms with Gasteiger partial charge in [0.05, 0.1) is 29.6 Å². The second kappa shape index (κ2) is 6.31. The van der Waals surface area contributed by atoms with Gasteiger partial charge in [-0.3, -0.25) is 9.89 Å². The molecule has 7 heteroatoms. The monoisotopic (exact) mass is 382 g/mol. The van der Waals surface area contributed by atoms with Gasteiger partial charge in [-0.2, -0.15) is 10.4 Å². The largest absolute Gasteiger partial charge is 0.398 e. The third-order valence-electron chi connectivity index (χ3n) is 5.51. The van der Waals surface area contributed by atoms with E-state index in [1.54, 1.807) is 12.4 Å². The van der Waals surface area contributed by atoms with Crippen LogP contribution in [-0.2, 0) is 4.79 Å². The maximum absolute atomic E-state index is 12.2. The molecule has 0 bridgehead atoms. The Hall–Kier alpha value is -3.92. The third kappa shape index (κ3) is 2.95. The first-order valence-corrected chi connectivity index (χ1v) is 9.37. The number of H-pyrrole nitrogens is 1. The first-order valence-electron chi connectivity index (χ1n) is 9.37. The van der Waals surface area contributed by atoms with Gasteiger partial charge in [0.2, 0.25) is 5.91 Å². The van der Waals surface area contributed by atoms with Crippen molar-refractivity contribution < 1.29 is 4.79 Å². The number of pyridine rings is 1. The summed E-state index contributed by atoms with van der Waals surface area (Å²) in [5.41, 5.74) is 11.1. The van der Waals surface area contributed by atoms with Gasteiger partial charge >= 0.3 is 0 Å². The van der Waals surface area contributed by atoms with Gasteiger partial charge < -0.3 is 11.1 Å². The minimum atomic E-state index is -0.238. The molecule has 142 valence electrons. The van der Waals surface area contributed by atoms with Crippen molar-refractivity contribution >= 4 is 39.1 Å². The number of carbonyl (C=O) groups excluding carboxylic acids is 1. The number of amides is 1. The van der Waals surface area contributed by atoms with E-state index < -0.39 is 0 Å². The van der Waals surface area contributed by atoms with Crippen LogP contribution in [0.3, 0.4) is 0 Å². The van der Waals surface area contributed by atoms with Crippen LogP contribution in [0.15, 0.2) is 42.7 Å². The Morgan fingerprint density at radius 1 is 1.24 bits per heavy atom. The lowest BCUT2D eigenvalue weighted by Crippen LogP contribution is -2.15. The van der Waals surface area contributed by atoms with E-state index in [0.29, 0.717) is 17.9 Å². The van der Waals surface area contributed by atoms with Crippen molar-refractivity contribution in [3.05, 3.63) is 48.3 Å². The Kier molecular flexibility index (Phi) is 3.74. The number of hydrogen-bond donors (Lipinski definition) is 3. The fraction of sp³-hybridized carbons (Fsp3) is 0.182. The van der Waals surface area contributed by atoms with E-state index in [0.717, 1.165) is 38.4 Å². The van der Waals surface area contributed by atoms with Crippen LogP contribution in [0.25, 0.3) is 32.8 Å². The van der Waals surface area contributed by atoms with E-state index in [9.17, 15) is 4.79 Å². The van der Waals surface area contributed by atoms with Crippen molar-refractivity contribution in [2.75, 3.05) is 11.1 Å². The maximum Gasteiger partial charge on any atom is 0.230 e. The molecule has 1 aliphatic rings. The molecule has 29 heavy (non-hydrogen) atoms. The number of fused-ring (bicyclic) bond motifs is 2. The van der Waals surface area contributed by atoms with E-state index in [4.69, 9.17) is 11.0 Å². The average Bonchev–Trinajstić information content (AvgIpc) is 3.37. The van der Waals surface area contributed by atoms with Gasteiger partial charge in [0.25, 0.3) is 0 Å². The molecule has 0 saturated heterocycles. The summed E-state index contributed by atoms with van der Waals surface area (Å²) >= 11 is 0. The fourth-order valence-corrected chi connectivity index (χ4v) is 3.77. The molecule has 1 aliphatic carbocycles. The summed E-state index contributed by atoms with van der Waals surface area (Å²) in [7, 11) is 0. The first kappa shape index (κ1) is 17.2. The van der Waals surface area contributed by atoms with Crippen molar-refractivity contribution in [2.45, 2.75) is 13.3 Å². The minimum absolute atomic E-state index is 0.159. The molecule has 0 spiro atoms. The van der Waals surface area contributed by atoms with Crippen molar-refractivity contribution in [3.63, 3.8) is 0 Å². The number of aromatic nitrogens is 3. The number of rotatable bonds is 3. The van der Waals surface area contributed by atoms with Crippen LogP contribution in [0.5, 0.6) is 0 Å². The Bertz CT molecular complexity index is 1330. The van der Waals surface area contributed by atoms with Crippen molar-refractivity contribution in [1.82, 2.24) is 15.2 Å². The van der Waals surface area contributed by atoms with Crippen molar-refractivity contribution in [2.24, 2.45) is 11.8 Å². The SMILES string of the molecule is Cc1cc2[nH]ncc2cc1-c1cc(N)c2cnc(NC(=O)[C@H]3C[C@@H]3C#N)cc2c1. The lowest BCUT2D eigenvalue weighted by Gasteiger charge is -2.11. The number of carbonyl (C=O) groups is 1. The molecule has 1 amide bonds. The number of aromatic amines is 1. The van der Waals surface area contributed by atoms with Crippen LogP contribution in [0.4, 0.5) is 11.5 Å². The smallest absolute Gasteiger partial charge is 0.230 e. The molecule has 2 aromatic carbocycles. The quantitative estimate of drug-likeness (QED) is 0.466. The van der Waals surface area contributed by atoms with E-state index in [1.165, 1.54) is 0 Å². The highest BCUT2D eigenvalue weighted by Gasteiger charge is 2.43. The number of anilines is 2. The van der Waals surface area contributed by atoms with E-state index >= 15 is 0 Å². The zero-order valence-electron chi connectivity index (χ0n) is 15.7. The Balaban J connectivity index is 1.54. The van der Waals surface area contributed by atoms with E-state index in [-0.39, 0.29) is 17.7 Å². The molecule has 2 aromatic heterocycles. The summed E-state index contributed by atoms with van der Waals surface area (Å²) in [6.07, 6.45) is 4.08.